The highest BCUT2D eigenvalue weighted by Gasteiger charge is 2.23. The molecule has 0 spiro atoms. The molecular weight excluding hydrogens is 156 g/mol. The van der Waals surface area contributed by atoms with Crippen molar-refractivity contribution in [3.05, 3.63) is 0 Å². The van der Waals surface area contributed by atoms with Gasteiger partial charge in [-0.15, -0.1) is 0 Å². The topological polar surface area (TPSA) is 26.3 Å². The van der Waals surface area contributed by atoms with E-state index in [0.717, 1.165) is 0 Å². The number of hydrogen-bond donors (Lipinski definition) is 0. The van der Waals surface area contributed by atoms with E-state index in [0.29, 0.717) is 11.1 Å². The molecule has 0 radical (unpaired) electrons. The summed E-state index contributed by atoms with van der Waals surface area (Å²) in [5, 5.41) is 0. The van der Waals surface area contributed by atoms with Gasteiger partial charge in [-0.25, -0.2) is 0 Å². The maximum absolute atomic E-state index is 10.7. The summed E-state index contributed by atoms with van der Waals surface area (Å²) in [6, 6.07) is 0. The van der Waals surface area contributed by atoms with Gasteiger partial charge in [0.25, 0.3) is 5.97 Å². The van der Waals surface area contributed by atoms with Gasteiger partial charge in [0.2, 0.25) is 9.04 Å². The van der Waals surface area contributed by atoms with Crippen LogP contribution in [-0.2, 0) is 9.22 Å². The minimum Gasteiger partial charge on any atom is -0.522 e. The summed E-state index contributed by atoms with van der Waals surface area (Å²) in [5.74, 6) is -0.121. The number of hydrogen-bond acceptors (Lipinski definition) is 2. The van der Waals surface area contributed by atoms with Crippen LogP contribution in [0.4, 0.5) is 0 Å². The summed E-state index contributed by atoms with van der Waals surface area (Å²) in [6.07, 6.45) is 0. The van der Waals surface area contributed by atoms with Gasteiger partial charge in [-0.3, -0.25) is 4.79 Å². The van der Waals surface area contributed by atoms with Crippen LogP contribution in [-0.4, -0.2) is 15.0 Å². The molecule has 0 saturated heterocycles. The Bertz CT molecular complexity index is 124. The molecule has 0 N–H and O–H groups in total. The number of rotatable bonds is 3. The minimum atomic E-state index is -1.29. The first kappa shape index (κ1) is 10.7. The van der Waals surface area contributed by atoms with Crippen molar-refractivity contribution in [1.29, 1.82) is 0 Å². The Morgan fingerprint density at radius 3 is 1.64 bits per heavy atom. The third-order valence-corrected chi connectivity index (χ3v) is 4.85. The average molecular weight is 174 g/mol. The zero-order chi connectivity index (χ0) is 9.02. The van der Waals surface area contributed by atoms with Gasteiger partial charge in [-0.05, 0) is 11.1 Å². The van der Waals surface area contributed by atoms with Gasteiger partial charge in [0, 0.05) is 6.92 Å². The van der Waals surface area contributed by atoms with Gasteiger partial charge in [0.05, 0.1) is 0 Å². The molecule has 2 nitrogen and oxygen atoms in total. The summed E-state index contributed by atoms with van der Waals surface area (Å²) >= 11 is 0. The molecule has 0 aromatic heterocycles. The number of carbonyl (C=O) groups is 1. The molecule has 66 valence electrons. The molecule has 0 bridgehead atoms. The second kappa shape index (κ2) is 4.54. The summed E-state index contributed by atoms with van der Waals surface area (Å²) in [7, 11) is -1.29. The second-order valence-electron chi connectivity index (χ2n) is 3.56. The Morgan fingerprint density at radius 1 is 1.18 bits per heavy atom. The predicted octanol–water partition coefficient (Wildman–Crippen LogP) is 2.09. The van der Waals surface area contributed by atoms with Crippen molar-refractivity contribution in [2.75, 3.05) is 0 Å². The van der Waals surface area contributed by atoms with Crippen molar-refractivity contribution in [2.24, 2.45) is 0 Å². The summed E-state index contributed by atoms with van der Waals surface area (Å²) in [6.45, 7) is 9.99. The second-order valence-corrected chi connectivity index (χ2v) is 7.39. The smallest absolute Gasteiger partial charge is 0.289 e. The lowest BCUT2D eigenvalue weighted by molar-refractivity contribution is -0.132. The van der Waals surface area contributed by atoms with Crippen LogP contribution in [0.1, 0.15) is 34.6 Å². The van der Waals surface area contributed by atoms with Crippen molar-refractivity contribution in [3.8, 4) is 0 Å². The third-order valence-electron chi connectivity index (χ3n) is 1.62. The van der Waals surface area contributed by atoms with E-state index in [4.69, 9.17) is 4.43 Å². The monoisotopic (exact) mass is 174 g/mol. The van der Waals surface area contributed by atoms with Crippen LogP contribution in [0, 0.1) is 0 Å². The highest BCUT2D eigenvalue weighted by Crippen LogP contribution is 2.20. The van der Waals surface area contributed by atoms with Gasteiger partial charge in [0.1, 0.15) is 0 Å². The summed E-state index contributed by atoms with van der Waals surface area (Å²) in [5.41, 5.74) is 1.08. The van der Waals surface area contributed by atoms with Crippen molar-refractivity contribution < 1.29 is 9.22 Å². The molecule has 0 saturated carbocycles. The average Bonchev–Trinajstić information content (AvgIpc) is 1.81. The van der Waals surface area contributed by atoms with Gasteiger partial charge in [0.15, 0.2) is 0 Å². The molecule has 0 unspecified atom stereocenters. The van der Waals surface area contributed by atoms with E-state index in [1.54, 1.807) is 0 Å². The fraction of sp³-hybridized carbons (Fsp3) is 0.875. The van der Waals surface area contributed by atoms with Gasteiger partial charge >= 0.3 is 0 Å². The van der Waals surface area contributed by atoms with Crippen LogP contribution < -0.4 is 0 Å². The van der Waals surface area contributed by atoms with Crippen LogP contribution in [0.3, 0.4) is 0 Å². The van der Waals surface area contributed by atoms with Gasteiger partial charge in [-0.1, -0.05) is 27.7 Å². The summed E-state index contributed by atoms with van der Waals surface area (Å²) < 4.78 is 5.27. The molecule has 0 atom stereocenters. The Labute approximate surface area is 70.7 Å². The first-order valence-electron chi connectivity index (χ1n) is 4.12. The Hall–Kier alpha value is -0.313. The fourth-order valence-corrected chi connectivity index (χ4v) is 3.70. The Balaban J connectivity index is 4.00. The van der Waals surface area contributed by atoms with E-state index < -0.39 is 9.04 Å². The van der Waals surface area contributed by atoms with Crippen molar-refractivity contribution in [3.63, 3.8) is 0 Å². The molecule has 0 amide bonds. The van der Waals surface area contributed by atoms with E-state index in [1.807, 2.05) is 0 Å². The third kappa shape index (κ3) is 4.19. The molecule has 0 aliphatic carbocycles. The number of carbonyl (C=O) groups excluding carboxylic acids is 1. The standard InChI is InChI=1S/C8H18O2Si/c1-6(2)11(7(3)4)10-8(5)9/h6-7,11H,1-5H3. The molecule has 3 heteroatoms. The normalized spacial score (nSPS) is 11.3. The van der Waals surface area contributed by atoms with Gasteiger partial charge in [-0.2, -0.15) is 0 Å². The first-order valence-corrected chi connectivity index (χ1v) is 5.92. The SMILES string of the molecule is CC(=O)O[SiH](C(C)C)C(C)C. The Kier molecular flexibility index (Phi) is 4.41. The lowest BCUT2D eigenvalue weighted by Crippen LogP contribution is -2.27. The lowest BCUT2D eigenvalue weighted by atomic mass is 10.5. The largest absolute Gasteiger partial charge is 0.522 e. The molecule has 0 aromatic carbocycles. The van der Waals surface area contributed by atoms with E-state index >= 15 is 0 Å². The highest BCUT2D eigenvalue weighted by molar-refractivity contribution is 6.56. The molecule has 0 heterocycles. The van der Waals surface area contributed by atoms with E-state index in [2.05, 4.69) is 27.7 Å². The van der Waals surface area contributed by atoms with Crippen molar-refractivity contribution >= 4 is 15.0 Å². The van der Waals surface area contributed by atoms with E-state index in [9.17, 15) is 4.79 Å². The zero-order valence-electron chi connectivity index (χ0n) is 8.05. The van der Waals surface area contributed by atoms with Crippen molar-refractivity contribution in [1.82, 2.24) is 0 Å². The molecule has 0 aliphatic rings. The van der Waals surface area contributed by atoms with Crippen LogP contribution in [0.15, 0.2) is 0 Å². The molecule has 0 rings (SSSR count). The lowest BCUT2D eigenvalue weighted by Gasteiger charge is -2.21. The predicted molar refractivity (Wildman–Crippen MR) is 49.1 cm³/mol. The maximum atomic E-state index is 10.7. The van der Waals surface area contributed by atoms with Crippen LogP contribution in [0.25, 0.3) is 0 Å². The maximum Gasteiger partial charge on any atom is 0.289 e. The quantitative estimate of drug-likeness (QED) is 0.612. The molecule has 0 aromatic rings. The molecular formula is C8H18O2Si. The van der Waals surface area contributed by atoms with Crippen molar-refractivity contribution in [2.45, 2.75) is 45.7 Å². The van der Waals surface area contributed by atoms with Crippen LogP contribution in [0.5, 0.6) is 0 Å². The fourth-order valence-electron chi connectivity index (χ4n) is 1.23. The van der Waals surface area contributed by atoms with E-state index in [-0.39, 0.29) is 5.97 Å². The molecule has 11 heavy (non-hydrogen) atoms. The van der Waals surface area contributed by atoms with E-state index in [1.165, 1.54) is 6.92 Å². The van der Waals surface area contributed by atoms with Crippen LogP contribution in [0.2, 0.25) is 11.1 Å². The highest BCUT2D eigenvalue weighted by atomic mass is 28.3. The minimum absolute atomic E-state index is 0.121. The van der Waals surface area contributed by atoms with Gasteiger partial charge < -0.3 is 4.43 Å². The molecule has 0 fully saturated rings. The zero-order valence-corrected chi connectivity index (χ0v) is 9.20. The van der Waals surface area contributed by atoms with Crippen LogP contribution >= 0.6 is 0 Å². The Morgan fingerprint density at radius 2 is 1.55 bits per heavy atom. The molecule has 0 aliphatic heterocycles. The first-order chi connectivity index (χ1) is 4.95. The summed E-state index contributed by atoms with van der Waals surface area (Å²) in [4.78, 5) is 10.7.